The number of hydrogen-bond donors (Lipinski definition) is 0. The first-order chi connectivity index (χ1) is 41.1. The molecule has 0 aromatic heterocycles. The monoisotopic (exact) mass is 1210 g/mol. The second kappa shape index (κ2) is 57.5. The third kappa shape index (κ3) is 48.4. The van der Waals surface area contributed by atoms with Gasteiger partial charge in [0.1, 0.15) is 19.3 Å². The minimum absolute atomic E-state index is 0.0211. The van der Waals surface area contributed by atoms with E-state index in [9.17, 15) is 38.4 Å². The highest BCUT2D eigenvalue weighted by atomic mass is 16.6. The van der Waals surface area contributed by atoms with E-state index >= 15 is 0 Å². The summed E-state index contributed by atoms with van der Waals surface area (Å²) in [5.74, 6) is -5.98. The number of nitrogens with zero attached hydrogens (tertiary/aromatic N) is 2. The zero-order chi connectivity index (χ0) is 63.0. The molecule has 0 aromatic rings. The Labute approximate surface area is 516 Å². The Morgan fingerprint density at radius 3 is 1.11 bits per heavy atom. The lowest BCUT2D eigenvalue weighted by Crippen LogP contribution is -2.48. The van der Waals surface area contributed by atoms with Crippen molar-refractivity contribution in [3.05, 3.63) is 0 Å². The maximum Gasteiger partial charge on any atom is 0.348 e. The van der Waals surface area contributed by atoms with Crippen LogP contribution in [0.4, 0.5) is 0 Å². The lowest BCUT2D eigenvalue weighted by atomic mass is 10.1. The quantitative estimate of drug-likeness (QED) is 0.0315. The molecular weight excluding hydrogens is 1080 g/mol. The van der Waals surface area contributed by atoms with Gasteiger partial charge in [-0.2, -0.15) is 0 Å². The second-order valence-corrected chi connectivity index (χ2v) is 23.7. The molecule has 0 spiro atoms. The maximum absolute atomic E-state index is 14.6. The number of rotatable bonds is 60. The van der Waals surface area contributed by atoms with Crippen molar-refractivity contribution in [1.82, 2.24) is 9.80 Å². The molecule has 0 saturated heterocycles. The molecule has 0 rings (SSSR count). The Hall–Kier alpha value is -4.28. The minimum Gasteiger partial charge on any atom is -0.466 e. The van der Waals surface area contributed by atoms with E-state index in [2.05, 4.69) is 39.5 Å². The largest absolute Gasteiger partial charge is 0.466 e. The average Bonchev–Trinajstić information content (AvgIpc) is 3.59. The molecule has 0 radical (unpaired) electrons. The van der Waals surface area contributed by atoms with Gasteiger partial charge in [0.15, 0.2) is 0 Å². The van der Waals surface area contributed by atoms with Crippen molar-refractivity contribution in [2.24, 2.45) is 0 Å². The molecule has 85 heavy (non-hydrogen) atoms. The fourth-order valence-electron chi connectivity index (χ4n) is 9.94. The van der Waals surface area contributed by atoms with Crippen LogP contribution in [0.5, 0.6) is 0 Å². The zero-order valence-corrected chi connectivity index (χ0v) is 55.3. The molecule has 0 aliphatic heterocycles. The van der Waals surface area contributed by atoms with Crippen LogP contribution in [0.3, 0.4) is 0 Å². The normalized spacial score (nSPS) is 12.7. The Balaban J connectivity index is 7.00. The zero-order valence-electron chi connectivity index (χ0n) is 55.3. The highest BCUT2D eigenvalue weighted by molar-refractivity contribution is 5.86. The molecule has 0 saturated carbocycles. The van der Waals surface area contributed by atoms with Crippen LogP contribution in [0.1, 0.15) is 311 Å². The molecule has 1 amide bonds. The van der Waals surface area contributed by atoms with Gasteiger partial charge < -0.3 is 43.0 Å². The van der Waals surface area contributed by atoms with Crippen LogP contribution in [-0.4, -0.2) is 135 Å². The summed E-state index contributed by atoms with van der Waals surface area (Å²) in [6.07, 6.45) is 28.3. The van der Waals surface area contributed by atoms with Gasteiger partial charge in [0, 0.05) is 25.8 Å². The van der Waals surface area contributed by atoms with E-state index < -0.39 is 92.0 Å². The Bertz CT molecular complexity index is 1630. The van der Waals surface area contributed by atoms with E-state index in [0.29, 0.717) is 44.9 Å². The van der Waals surface area contributed by atoms with Crippen molar-refractivity contribution in [1.29, 1.82) is 0 Å². The summed E-state index contributed by atoms with van der Waals surface area (Å²) in [4.78, 5) is 113. The van der Waals surface area contributed by atoms with Crippen LogP contribution < -0.4 is 0 Å². The highest BCUT2D eigenvalue weighted by Crippen LogP contribution is 2.19. The number of unbranched alkanes of at least 4 members (excludes halogenated alkanes) is 27. The topological polar surface area (TPSA) is 208 Å². The van der Waals surface area contributed by atoms with Gasteiger partial charge in [0.2, 0.25) is 18.1 Å². The van der Waals surface area contributed by atoms with Crippen LogP contribution in [-0.2, 0) is 71.5 Å². The SMILES string of the molecule is CCCCCCCCCCOC(=O)CC(OC(=O)CCCCCCC)C(=O)OCC(COC(=O)C(CC(=O)OCCCCCCCCCC)OC(=O)CCCCCCC)N(CCCCCN(C)C)C(=O)CCC(=O)OC(CCC)CCCCCC. The van der Waals surface area contributed by atoms with Crippen LogP contribution in [0.2, 0.25) is 0 Å². The number of carbonyl (C=O) groups is 8. The van der Waals surface area contributed by atoms with Gasteiger partial charge in [0.05, 0.1) is 38.5 Å². The summed E-state index contributed by atoms with van der Waals surface area (Å²) in [7, 11) is 3.93. The molecule has 0 aliphatic carbocycles. The first-order valence-electron chi connectivity index (χ1n) is 34.3. The number of carbonyl (C=O) groups excluding carboxylic acids is 8. The first kappa shape index (κ1) is 80.7. The van der Waals surface area contributed by atoms with E-state index in [-0.39, 0.29) is 51.5 Å². The molecule has 496 valence electrons. The van der Waals surface area contributed by atoms with E-state index in [1.165, 1.54) is 43.4 Å². The highest BCUT2D eigenvalue weighted by Gasteiger charge is 2.34. The van der Waals surface area contributed by atoms with E-state index in [1.807, 2.05) is 21.0 Å². The van der Waals surface area contributed by atoms with Crippen molar-refractivity contribution < 1.29 is 71.5 Å². The van der Waals surface area contributed by atoms with E-state index in [1.54, 1.807) is 0 Å². The van der Waals surface area contributed by atoms with Gasteiger partial charge in [-0.05, 0) is 78.4 Å². The molecule has 0 bridgehead atoms. The molecule has 0 aliphatic rings. The Kier molecular flexibility index (Phi) is 54.6. The van der Waals surface area contributed by atoms with Crippen molar-refractivity contribution in [2.75, 3.05) is 53.6 Å². The smallest absolute Gasteiger partial charge is 0.348 e. The van der Waals surface area contributed by atoms with E-state index in [0.717, 1.165) is 154 Å². The fraction of sp³-hybridized carbons (Fsp3) is 0.882. The van der Waals surface area contributed by atoms with Gasteiger partial charge in [-0.15, -0.1) is 0 Å². The van der Waals surface area contributed by atoms with E-state index in [4.69, 9.17) is 33.2 Å². The molecule has 0 aromatic carbocycles. The summed E-state index contributed by atoms with van der Waals surface area (Å²) in [5.41, 5.74) is 0. The molecule has 17 nitrogen and oxygen atoms in total. The third-order valence-electron chi connectivity index (χ3n) is 15.2. The molecule has 3 unspecified atom stereocenters. The summed E-state index contributed by atoms with van der Waals surface area (Å²) < 4.78 is 40.1. The maximum atomic E-state index is 14.6. The van der Waals surface area contributed by atoms with Crippen LogP contribution in [0.15, 0.2) is 0 Å². The van der Waals surface area contributed by atoms with Crippen LogP contribution >= 0.6 is 0 Å². The summed E-state index contributed by atoms with van der Waals surface area (Å²) >= 11 is 0. The number of hydrogen-bond acceptors (Lipinski definition) is 16. The lowest BCUT2D eigenvalue weighted by Gasteiger charge is -2.32. The van der Waals surface area contributed by atoms with Gasteiger partial charge in [-0.3, -0.25) is 28.8 Å². The molecule has 0 heterocycles. The van der Waals surface area contributed by atoms with Crippen LogP contribution in [0, 0.1) is 0 Å². The average molecular weight is 1210 g/mol. The summed E-state index contributed by atoms with van der Waals surface area (Å²) in [5, 5.41) is 0. The summed E-state index contributed by atoms with van der Waals surface area (Å²) in [6.45, 7) is 12.7. The molecule has 17 heteroatoms. The van der Waals surface area contributed by atoms with Gasteiger partial charge >= 0.3 is 41.8 Å². The first-order valence-corrected chi connectivity index (χ1v) is 34.3. The van der Waals surface area contributed by atoms with Crippen molar-refractivity contribution in [3.8, 4) is 0 Å². The molecule has 0 fully saturated rings. The van der Waals surface area contributed by atoms with Gasteiger partial charge in [-0.1, -0.05) is 215 Å². The van der Waals surface area contributed by atoms with Crippen molar-refractivity contribution >= 4 is 47.7 Å². The number of esters is 7. The van der Waals surface area contributed by atoms with Crippen LogP contribution in [0.25, 0.3) is 0 Å². The third-order valence-corrected chi connectivity index (χ3v) is 15.2. The summed E-state index contributed by atoms with van der Waals surface area (Å²) in [6, 6.07) is -1.19. The minimum atomic E-state index is -1.68. The number of amides is 1. The number of ether oxygens (including phenoxy) is 7. The molecular formula is C68H124N2O15. The second-order valence-electron chi connectivity index (χ2n) is 23.7. The van der Waals surface area contributed by atoms with Gasteiger partial charge in [-0.25, -0.2) is 9.59 Å². The molecule has 3 atom stereocenters. The Morgan fingerprint density at radius 1 is 0.329 bits per heavy atom. The van der Waals surface area contributed by atoms with Crippen molar-refractivity contribution in [2.45, 2.75) is 336 Å². The fourth-order valence-corrected chi connectivity index (χ4v) is 9.94. The van der Waals surface area contributed by atoms with Crippen molar-refractivity contribution in [3.63, 3.8) is 0 Å². The predicted octanol–water partition coefficient (Wildman–Crippen LogP) is 15.2. The van der Waals surface area contributed by atoms with Gasteiger partial charge in [0.25, 0.3) is 0 Å². The standard InChI is InChI=1S/C68H124N2O15/c1-9-15-20-25-27-29-33-41-51-79-65(75)53-59(84-62(72)45-37-31-22-17-11-3)67(77)81-55-57(70(50-40-35-39-49-69(7)8)61(71)47-48-64(74)83-58(43-14-6)44-36-24-19-13-5)56-82-68(78)60(85-63(73)46-38-32-23-18-12-4)54-66(76)80-52-42-34-30-28-26-21-16-10-2/h57-60H,9-56H2,1-8H3. The lowest BCUT2D eigenvalue weighted by molar-refractivity contribution is -0.176. The predicted molar refractivity (Wildman–Crippen MR) is 335 cm³/mol. The molecule has 0 N–H and O–H groups in total. The Morgan fingerprint density at radius 2 is 0.694 bits per heavy atom.